The second-order valence-corrected chi connectivity index (χ2v) is 8.03. The first-order valence-electron chi connectivity index (χ1n) is 8.12. The van der Waals surface area contributed by atoms with Crippen LogP contribution in [0.1, 0.15) is 64.6 Å². The van der Waals surface area contributed by atoms with Crippen molar-refractivity contribution >= 4 is 17.2 Å². The summed E-state index contributed by atoms with van der Waals surface area (Å²) in [5.74, 6) is 0.302. The zero-order valence-electron chi connectivity index (χ0n) is 13.3. The Morgan fingerprint density at radius 2 is 2.29 bits per heavy atom. The van der Waals surface area contributed by atoms with E-state index in [-0.39, 0.29) is 12.2 Å². The molecule has 1 N–H and O–H groups in total. The Morgan fingerprint density at radius 1 is 1.48 bits per heavy atom. The summed E-state index contributed by atoms with van der Waals surface area (Å²) in [6.07, 6.45) is 5.72. The SMILES string of the molecule is CCC1NC(c2ccsc2)N(C2CCCC(C)(C)C2)C1=O. The lowest BCUT2D eigenvalue weighted by molar-refractivity contribution is -0.133. The molecule has 2 fully saturated rings. The molecule has 1 aliphatic carbocycles. The van der Waals surface area contributed by atoms with E-state index in [1.807, 2.05) is 0 Å². The Bertz CT molecular complexity index is 497. The van der Waals surface area contributed by atoms with Gasteiger partial charge in [0.1, 0.15) is 6.17 Å². The normalized spacial score (nSPS) is 32.6. The fourth-order valence-electron chi connectivity index (χ4n) is 3.92. The first kappa shape index (κ1) is 15.0. The quantitative estimate of drug-likeness (QED) is 0.918. The molecule has 0 bridgehead atoms. The molecule has 116 valence electrons. The van der Waals surface area contributed by atoms with Crippen LogP contribution >= 0.6 is 11.3 Å². The van der Waals surface area contributed by atoms with Crippen LogP contribution in [0.5, 0.6) is 0 Å². The van der Waals surface area contributed by atoms with Crippen LogP contribution in [-0.4, -0.2) is 22.9 Å². The predicted octanol–water partition coefficient (Wildman–Crippen LogP) is 3.93. The average Bonchev–Trinajstić information content (AvgIpc) is 3.04. The highest BCUT2D eigenvalue weighted by atomic mass is 32.1. The summed E-state index contributed by atoms with van der Waals surface area (Å²) < 4.78 is 0. The first-order chi connectivity index (χ1) is 10.0. The van der Waals surface area contributed by atoms with Gasteiger partial charge in [0.15, 0.2) is 0 Å². The van der Waals surface area contributed by atoms with E-state index >= 15 is 0 Å². The lowest BCUT2D eigenvalue weighted by Crippen LogP contribution is -2.44. The molecule has 1 aromatic heterocycles. The number of hydrogen-bond donors (Lipinski definition) is 1. The number of thiophene rings is 1. The smallest absolute Gasteiger partial charge is 0.241 e. The molecule has 1 aliphatic heterocycles. The molecular weight excluding hydrogens is 280 g/mol. The first-order valence-corrected chi connectivity index (χ1v) is 9.06. The van der Waals surface area contributed by atoms with Gasteiger partial charge in [-0.05, 0) is 53.5 Å². The van der Waals surface area contributed by atoms with Gasteiger partial charge < -0.3 is 4.90 Å². The minimum Gasteiger partial charge on any atom is -0.319 e. The third kappa shape index (κ3) is 2.88. The molecule has 0 aromatic carbocycles. The molecule has 1 saturated carbocycles. The van der Waals surface area contributed by atoms with E-state index < -0.39 is 0 Å². The van der Waals surface area contributed by atoms with Crippen molar-refractivity contribution in [2.45, 2.75) is 71.1 Å². The second kappa shape index (κ2) is 5.73. The minimum atomic E-state index is -0.0139. The molecule has 3 rings (SSSR count). The monoisotopic (exact) mass is 306 g/mol. The van der Waals surface area contributed by atoms with Crippen molar-refractivity contribution in [3.05, 3.63) is 22.4 Å². The zero-order valence-corrected chi connectivity index (χ0v) is 14.1. The molecule has 1 saturated heterocycles. The highest BCUT2D eigenvalue weighted by Gasteiger charge is 2.44. The zero-order chi connectivity index (χ0) is 15.0. The molecule has 21 heavy (non-hydrogen) atoms. The van der Waals surface area contributed by atoms with Gasteiger partial charge in [-0.1, -0.05) is 27.2 Å². The molecule has 4 heteroatoms. The Balaban J connectivity index is 1.87. The summed E-state index contributed by atoms with van der Waals surface area (Å²) in [4.78, 5) is 15.0. The maximum atomic E-state index is 12.8. The Kier molecular flexibility index (Phi) is 4.10. The Morgan fingerprint density at radius 3 is 2.90 bits per heavy atom. The van der Waals surface area contributed by atoms with Crippen LogP contribution in [0.25, 0.3) is 0 Å². The molecular formula is C17H26N2OS. The molecule has 2 aliphatic rings. The molecule has 2 heterocycles. The van der Waals surface area contributed by atoms with Gasteiger partial charge in [-0.2, -0.15) is 11.3 Å². The summed E-state index contributed by atoms with van der Waals surface area (Å²) >= 11 is 1.71. The van der Waals surface area contributed by atoms with Crippen molar-refractivity contribution in [1.82, 2.24) is 10.2 Å². The van der Waals surface area contributed by atoms with Crippen LogP contribution in [0.4, 0.5) is 0 Å². The number of nitrogens with zero attached hydrogens (tertiary/aromatic N) is 1. The highest BCUT2D eigenvalue weighted by Crippen LogP contribution is 2.41. The largest absolute Gasteiger partial charge is 0.319 e. The van der Waals surface area contributed by atoms with Gasteiger partial charge in [-0.15, -0.1) is 0 Å². The lowest BCUT2D eigenvalue weighted by Gasteiger charge is -2.41. The van der Waals surface area contributed by atoms with E-state index in [1.54, 1.807) is 11.3 Å². The molecule has 0 spiro atoms. The van der Waals surface area contributed by atoms with Gasteiger partial charge in [0.25, 0.3) is 0 Å². The van der Waals surface area contributed by atoms with Crippen LogP contribution in [0.3, 0.4) is 0 Å². The van der Waals surface area contributed by atoms with Gasteiger partial charge in [-0.25, -0.2) is 0 Å². The number of rotatable bonds is 3. The van der Waals surface area contributed by atoms with Gasteiger partial charge in [0.05, 0.1) is 6.04 Å². The van der Waals surface area contributed by atoms with Gasteiger partial charge >= 0.3 is 0 Å². The Hall–Kier alpha value is -0.870. The van der Waals surface area contributed by atoms with E-state index in [2.05, 4.69) is 47.8 Å². The summed E-state index contributed by atoms with van der Waals surface area (Å²) in [7, 11) is 0. The van der Waals surface area contributed by atoms with Crippen molar-refractivity contribution in [2.24, 2.45) is 5.41 Å². The van der Waals surface area contributed by atoms with E-state index in [4.69, 9.17) is 0 Å². The number of carbonyl (C=O) groups excluding carboxylic acids is 1. The van der Waals surface area contributed by atoms with Crippen molar-refractivity contribution in [3.8, 4) is 0 Å². The van der Waals surface area contributed by atoms with Gasteiger partial charge in [0, 0.05) is 6.04 Å². The third-order valence-electron chi connectivity index (χ3n) is 5.03. The third-order valence-corrected chi connectivity index (χ3v) is 5.73. The fraction of sp³-hybridized carbons (Fsp3) is 0.706. The number of nitrogens with one attached hydrogen (secondary N) is 1. The van der Waals surface area contributed by atoms with Crippen molar-refractivity contribution in [2.75, 3.05) is 0 Å². The maximum absolute atomic E-state index is 12.8. The standard InChI is InChI=1S/C17H26N2OS/c1-4-14-16(20)19(13-6-5-8-17(2,3)10-13)15(18-14)12-7-9-21-11-12/h7,9,11,13-15,18H,4-6,8,10H2,1-3H3. The lowest BCUT2D eigenvalue weighted by atomic mass is 9.74. The van der Waals surface area contributed by atoms with Crippen molar-refractivity contribution in [1.29, 1.82) is 0 Å². The molecule has 3 atom stereocenters. The van der Waals surface area contributed by atoms with Crippen LogP contribution < -0.4 is 5.32 Å². The molecule has 3 nitrogen and oxygen atoms in total. The van der Waals surface area contributed by atoms with Gasteiger partial charge in [-0.3, -0.25) is 10.1 Å². The maximum Gasteiger partial charge on any atom is 0.241 e. The minimum absolute atomic E-state index is 0.0139. The van der Waals surface area contributed by atoms with E-state index in [0.29, 0.717) is 17.4 Å². The molecule has 0 radical (unpaired) electrons. The molecule has 3 unspecified atom stereocenters. The van der Waals surface area contributed by atoms with E-state index in [0.717, 1.165) is 19.3 Å². The predicted molar refractivity (Wildman–Crippen MR) is 87.2 cm³/mol. The van der Waals surface area contributed by atoms with Crippen LogP contribution in [0.15, 0.2) is 16.8 Å². The summed E-state index contributed by atoms with van der Waals surface area (Å²) in [5, 5.41) is 7.82. The summed E-state index contributed by atoms with van der Waals surface area (Å²) in [5.41, 5.74) is 1.60. The fourth-order valence-corrected chi connectivity index (χ4v) is 4.59. The second-order valence-electron chi connectivity index (χ2n) is 7.25. The van der Waals surface area contributed by atoms with Crippen LogP contribution in [-0.2, 0) is 4.79 Å². The van der Waals surface area contributed by atoms with Crippen molar-refractivity contribution in [3.63, 3.8) is 0 Å². The average molecular weight is 306 g/mol. The summed E-state index contributed by atoms with van der Waals surface area (Å²) in [6.45, 7) is 6.77. The molecule has 1 aromatic rings. The molecule has 1 amide bonds. The van der Waals surface area contributed by atoms with Crippen molar-refractivity contribution < 1.29 is 4.79 Å². The number of hydrogen-bond acceptors (Lipinski definition) is 3. The number of amides is 1. The van der Waals surface area contributed by atoms with E-state index in [9.17, 15) is 4.79 Å². The number of carbonyl (C=O) groups is 1. The van der Waals surface area contributed by atoms with Crippen LogP contribution in [0, 0.1) is 5.41 Å². The highest BCUT2D eigenvalue weighted by molar-refractivity contribution is 7.07. The van der Waals surface area contributed by atoms with Gasteiger partial charge in [0.2, 0.25) is 5.91 Å². The van der Waals surface area contributed by atoms with E-state index in [1.165, 1.54) is 18.4 Å². The van der Waals surface area contributed by atoms with Crippen LogP contribution in [0.2, 0.25) is 0 Å². The topological polar surface area (TPSA) is 32.3 Å². The Labute approximate surface area is 131 Å². The summed E-state index contributed by atoms with van der Waals surface area (Å²) in [6, 6.07) is 2.52.